The number of amides is 1. The summed E-state index contributed by atoms with van der Waals surface area (Å²) in [6.07, 6.45) is 8.38. The molecular formula is C23H28N2O3. The molecule has 148 valence electrons. The minimum Gasteiger partial charge on any atom is -0.478 e. The van der Waals surface area contributed by atoms with Gasteiger partial charge in [-0.25, -0.2) is 4.79 Å². The van der Waals surface area contributed by atoms with Gasteiger partial charge in [-0.15, -0.1) is 0 Å². The van der Waals surface area contributed by atoms with Crippen LogP contribution in [0.1, 0.15) is 39.2 Å². The third-order valence-corrected chi connectivity index (χ3v) is 5.90. The number of anilines is 1. The van der Waals surface area contributed by atoms with E-state index in [0.29, 0.717) is 6.54 Å². The second kappa shape index (κ2) is 7.30. The monoisotopic (exact) mass is 380 g/mol. The minimum atomic E-state index is -1.13. The van der Waals surface area contributed by atoms with Crippen LogP contribution in [0, 0.1) is 11.3 Å². The summed E-state index contributed by atoms with van der Waals surface area (Å²) >= 11 is 0. The molecule has 0 aromatic heterocycles. The number of hydrogen-bond acceptors (Lipinski definition) is 3. The summed E-state index contributed by atoms with van der Waals surface area (Å²) < 4.78 is 0. The Labute approximate surface area is 166 Å². The fourth-order valence-corrected chi connectivity index (χ4v) is 4.66. The van der Waals surface area contributed by atoms with E-state index >= 15 is 0 Å². The summed E-state index contributed by atoms with van der Waals surface area (Å²) in [5.74, 6) is -1.33. The third-order valence-electron chi connectivity index (χ3n) is 5.90. The highest BCUT2D eigenvalue weighted by Crippen LogP contribution is 2.58. The molecule has 5 nitrogen and oxygen atoms in total. The Kier molecular flexibility index (Phi) is 5.20. The molecule has 28 heavy (non-hydrogen) atoms. The summed E-state index contributed by atoms with van der Waals surface area (Å²) in [5, 5.41) is 11.4. The first kappa shape index (κ1) is 19.9. The second-order valence-electron chi connectivity index (χ2n) is 8.63. The lowest BCUT2D eigenvalue weighted by atomic mass is 9.74. The number of aliphatic carboxylic acids is 1. The Hall–Kier alpha value is -2.82. The van der Waals surface area contributed by atoms with Crippen LogP contribution in [0.15, 0.2) is 59.7 Å². The van der Waals surface area contributed by atoms with E-state index in [2.05, 4.69) is 50.4 Å². The Morgan fingerprint density at radius 2 is 1.86 bits per heavy atom. The smallest absolute Gasteiger partial charge is 0.328 e. The molecule has 0 bridgehead atoms. The van der Waals surface area contributed by atoms with Gasteiger partial charge in [0.25, 0.3) is 0 Å². The Bertz CT molecular complexity index is 878. The number of carbonyl (C=O) groups excluding carboxylic acids is 1. The molecule has 0 heterocycles. The zero-order valence-electron chi connectivity index (χ0n) is 16.7. The van der Waals surface area contributed by atoms with Crippen LogP contribution in [0.5, 0.6) is 0 Å². The van der Waals surface area contributed by atoms with E-state index in [-0.39, 0.29) is 22.7 Å². The van der Waals surface area contributed by atoms with Crippen molar-refractivity contribution in [3.63, 3.8) is 0 Å². The van der Waals surface area contributed by atoms with Crippen LogP contribution in [-0.2, 0) is 15.0 Å². The second-order valence-corrected chi connectivity index (χ2v) is 8.63. The van der Waals surface area contributed by atoms with E-state index in [1.807, 2.05) is 12.1 Å². The molecule has 0 spiro atoms. The molecule has 0 radical (unpaired) electrons. The number of carbonyl (C=O) groups is 2. The maximum atomic E-state index is 11.8. The third kappa shape index (κ3) is 3.88. The number of rotatable bonds is 5. The first-order valence-electron chi connectivity index (χ1n) is 9.60. The lowest BCUT2D eigenvalue weighted by Gasteiger charge is -2.30. The zero-order chi connectivity index (χ0) is 20.5. The highest BCUT2D eigenvalue weighted by molar-refractivity contribution is 5.93. The van der Waals surface area contributed by atoms with E-state index in [0.717, 1.165) is 30.7 Å². The van der Waals surface area contributed by atoms with Crippen LogP contribution in [0.4, 0.5) is 5.69 Å². The van der Waals surface area contributed by atoms with Gasteiger partial charge in [-0.2, -0.15) is 0 Å². The van der Waals surface area contributed by atoms with E-state index in [9.17, 15) is 9.59 Å². The summed E-state index contributed by atoms with van der Waals surface area (Å²) in [7, 11) is 0. The van der Waals surface area contributed by atoms with Crippen LogP contribution in [0.3, 0.4) is 0 Å². The number of fused-ring (bicyclic) bond motifs is 1. The number of nitrogen functional groups attached to an aromatic ring is 1. The summed E-state index contributed by atoms with van der Waals surface area (Å²) in [4.78, 5) is 22.3. The van der Waals surface area contributed by atoms with Crippen LogP contribution in [-0.4, -0.2) is 23.5 Å². The lowest BCUT2D eigenvalue weighted by molar-refractivity contribution is -0.131. The van der Waals surface area contributed by atoms with E-state index in [4.69, 9.17) is 10.8 Å². The number of allylic oxidation sites excluding steroid dienone is 3. The largest absolute Gasteiger partial charge is 0.478 e. The highest BCUT2D eigenvalue weighted by atomic mass is 16.4. The van der Waals surface area contributed by atoms with Gasteiger partial charge in [0.15, 0.2) is 0 Å². The number of carboxylic acid groups (broad SMARTS) is 1. The van der Waals surface area contributed by atoms with Gasteiger partial charge in [0.2, 0.25) is 5.91 Å². The molecule has 4 N–H and O–H groups in total. The molecule has 1 fully saturated rings. The Morgan fingerprint density at radius 3 is 2.50 bits per heavy atom. The van der Waals surface area contributed by atoms with Gasteiger partial charge in [0.05, 0.1) is 0 Å². The average molecular weight is 380 g/mol. The van der Waals surface area contributed by atoms with Crippen LogP contribution in [0.2, 0.25) is 0 Å². The predicted octanol–water partition coefficient (Wildman–Crippen LogP) is 3.59. The van der Waals surface area contributed by atoms with Gasteiger partial charge in [-0.1, -0.05) is 45.1 Å². The fourth-order valence-electron chi connectivity index (χ4n) is 4.66. The highest BCUT2D eigenvalue weighted by Gasteiger charge is 2.49. The van der Waals surface area contributed by atoms with Crippen molar-refractivity contribution < 1.29 is 14.7 Å². The summed E-state index contributed by atoms with van der Waals surface area (Å²) in [6.45, 7) is 7.33. The molecule has 2 unspecified atom stereocenters. The predicted molar refractivity (Wildman–Crippen MR) is 111 cm³/mol. The lowest BCUT2D eigenvalue weighted by Crippen LogP contribution is -2.29. The Morgan fingerprint density at radius 1 is 1.18 bits per heavy atom. The standard InChI is InChI=1S/C23H28N2O3/c1-22(2)14-23(3,16-5-7-17(24)8-6-16)19-12-15(4-9-18(19)22)13-25-20(26)10-11-21(27)28/h5-12,15H,4,13-14,24H2,1-3H3,(H,25,26)(H,27,28)/b11-10-. The van der Waals surface area contributed by atoms with Gasteiger partial charge in [0.1, 0.15) is 0 Å². The maximum Gasteiger partial charge on any atom is 0.328 e. The van der Waals surface area contributed by atoms with Crippen molar-refractivity contribution in [1.82, 2.24) is 5.32 Å². The van der Waals surface area contributed by atoms with Crippen LogP contribution in [0.25, 0.3) is 0 Å². The van der Waals surface area contributed by atoms with Crippen LogP contribution >= 0.6 is 0 Å². The first-order chi connectivity index (χ1) is 13.1. The molecule has 2 aliphatic carbocycles. The van der Waals surface area contributed by atoms with E-state index < -0.39 is 5.97 Å². The molecule has 1 saturated carbocycles. The van der Waals surface area contributed by atoms with Gasteiger partial charge in [0, 0.05) is 29.8 Å². The number of nitrogens with two attached hydrogens (primary N) is 1. The van der Waals surface area contributed by atoms with Crippen LogP contribution < -0.4 is 11.1 Å². The number of carboxylic acids is 1. The number of nitrogens with one attached hydrogen (secondary N) is 1. The van der Waals surface area contributed by atoms with Crippen molar-refractivity contribution in [3.05, 3.63) is 65.3 Å². The van der Waals surface area contributed by atoms with Gasteiger partial charge in [-0.05, 0) is 53.0 Å². The molecule has 0 saturated heterocycles. The molecule has 2 atom stereocenters. The molecule has 1 aromatic rings. The van der Waals surface area contributed by atoms with Crippen molar-refractivity contribution in [1.29, 1.82) is 0 Å². The molecular weight excluding hydrogens is 352 g/mol. The van der Waals surface area contributed by atoms with Crippen molar-refractivity contribution in [2.45, 2.75) is 39.0 Å². The normalized spacial score (nSPS) is 25.8. The fraction of sp³-hybridized carbons (Fsp3) is 0.391. The molecule has 1 aromatic carbocycles. The maximum absolute atomic E-state index is 11.8. The van der Waals surface area contributed by atoms with Crippen molar-refractivity contribution in [3.8, 4) is 0 Å². The summed E-state index contributed by atoms with van der Waals surface area (Å²) in [5.41, 5.74) is 10.6. The molecule has 5 heteroatoms. The molecule has 2 aliphatic rings. The molecule has 3 rings (SSSR count). The van der Waals surface area contributed by atoms with Crippen molar-refractivity contribution >= 4 is 17.6 Å². The van der Waals surface area contributed by atoms with Crippen molar-refractivity contribution in [2.75, 3.05) is 12.3 Å². The van der Waals surface area contributed by atoms with Gasteiger partial charge < -0.3 is 16.2 Å². The van der Waals surface area contributed by atoms with Gasteiger partial charge in [-0.3, -0.25) is 4.79 Å². The topological polar surface area (TPSA) is 92.4 Å². The first-order valence-corrected chi connectivity index (χ1v) is 9.60. The average Bonchev–Trinajstić information content (AvgIpc) is 2.85. The SMILES string of the molecule is CC1(C)CC(C)(c2ccc(N)cc2)C2=CC(CNC(=O)/C=C\C(=O)O)CC=C21. The Balaban J connectivity index is 1.83. The summed E-state index contributed by atoms with van der Waals surface area (Å²) in [6, 6.07) is 8.12. The zero-order valence-corrected chi connectivity index (χ0v) is 16.7. The number of benzene rings is 1. The minimum absolute atomic E-state index is 0.0837. The van der Waals surface area contributed by atoms with E-state index in [1.165, 1.54) is 16.7 Å². The van der Waals surface area contributed by atoms with Crippen molar-refractivity contribution in [2.24, 2.45) is 11.3 Å². The number of hydrogen-bond donors (Lipinski definition) is 3. The van der Waals surface area contributed by atoms with E-state index in [1.54, 1.807) is 0 Å². The molecule has 0 aliphatic heterocycles. The molecule has 1 amide bonds. The quantitative estimate of drug-likeness (QED) is 0.538. The van der Waals surface area contributed by atoms with Gasteiger partial charge >= 0.3 is 5.97 Å².